The van der Waals surface area contributed by atoms with Gasteiger partial charge in [-0.1, -0.05) is 158 Å². The monoisotopic (exact) mass is 639 g/mol. The molecule has 0 atom stereocenters. The molecule has 0 saturated heterocycles. The highest BCUT2D eigenvalue weighted by atomic mass is 16.3. The first-order valence-corrected chi connectivity index (χ1v) is 17.0. The van der Waals surface area contributed by atoms with Crippen LogP contribution in [0.25, 0.3) is 66.4 Å². The number of furan rings is 1. The number of benzene rings is 8. The maximum Gasteiger partial charge on any atom is 0.135 e. The lowest BCUT2D eigenvalue weighted by Gasteiger charge is -2.28. The van der Waals surface area contributed by atoms with E-state index in [4.69, 9.17) is 4.42 Å². The van der Waals surface area contributed by atoms with Crippen LogP contribution in [0.2, 0.25) is 0 Å². The summed E-state index contributed by atoms with van der Waals surface area (Å²) in [6.07, 6.45) is 0. The Kier molecular flexibility index (Phi) is 7.53. The predicted octanol–water partition coefficient (Wildman–Crippen LogP) is 13.7. The summed E-state index contributed by atoms with van der Waals surface area (Å²) in [6.45, 7) is 0. The Hall–Kier alpha value is -6.64. The van der Waals surface area contributed by atoms with Crippen molar-refractivity contribution in [1.29, 1.82) is 0 Å². The normalized spacial score (nSPS) is 11.2. The Balaban J connectivity index is 1.19. The van der Waals surface area contributed by atoms with Crippen LogP contribution in [-0.4, -0.2) is 0 Å². The molecule has 9 aromatic rings. The zero-order chi connectivity index (χ0) is 33.3. The summed E-state index contributed by atoms with van der Waals surface area (Å²) in [5, 5.41) is 2.22. The van der Waals surface area contributed by atoms with E-state index in [1.165, 1.54) is 38.9 Å². The van der Waals surface area contributed by atoms with Crippen molar-refractivity contribution in [3.05, 3.63) is 200 Å². The summed E-state index contributed by atoms with van der Waals surface area (Å²) < 4.78 is 6.21. The first-order valence-electron chi connectivity index (χ1n) is 17.0. The molecule has 1 heterocycles. The fourth-order valence-corrected chi connectivity index (χ4v) is 7.15. The maximum atomic E-state index is 6.21. The van der Waals surface area contributed by atoms with Crippen LogP contribution in [0.15, 0.2) is 205 Å². The molecule has 0 N–H and O–H groups in total. The van der Waals surface area contributed by atoms with Gasteiger partial charge in [0.25, 0.3) is 0 Å². The lowest BCUT2D eigenvalue weighted by molar-refractivity contribution is 0.669. The molecule has 0 radical (unpaired) electrons. The molecule has 0 saturated carbocycles. The van der Waals surface area contributed by atoms with Gasteiger partial charge in [0, 0.05) is 27.7 Å². The average molecular weight is 640 g/mol. The van der Waals surface area contributed by atoms with Crippen molar-refractivity contribution in [1.82, 2.24) is 0 Å². The number of hydrogen-bond donors (Lipinski definition) is 0. The molecule has 0 aliphatic rings. The van der Waals surface area contributed by atoms with Gasteiger partial charge < -0.3 is 9.32 Å². The molecule has 0 unspecified atom stereocenters. The molecule has 50 heavy (non-hydrogen) atoms. The summed E-state index contributed by atoms with van der Waals surface area (Å²) in [5.41, 5.74) is 14.6. The minimum Gasteiger partial charge on any atom is -0.456 e. The van der Waals surface area contributed by atoms with Crippen LogP contribution in [0, 0.1) is 0 Å². The maximum absolute atomic E-state index is 6.21. The molecule has 0 spiro atoms. The minimum atomic E-state index is 0.884. The SMILES string of the molecule is c1ccc(-c2ccc(-c3ccccc3-c3ccccc3-c3ccccc3N(c3ccccc3)c3ccc4oc5ccccc5c4c3)cc2)cc1. The zero-order valence-corrected chi connectivity index (χ0v) is 27.4. The van der Waals surface area contributed by atoms with Gasteiger partial charge >= 0.3 is 0 Å². The van der Waals surface area contributed by atoms with Gasteiger partial charge in [-0.2, -0.15) is 0 Å². The first kappa shape index (κ1) is 29.5. The third kappa shape index (κ3) is 5.34. The molecule has 2 heteroatoms. The van der Waals surface area contributed by atoms with Crippen LogP contribution in [0.5, 0.6) is 0 Å². The van der Waals surface area contributed by atoms with Gasteiger partial charge in [-0.05, 0) is 81.4 Å². The fourth-order valence-electron chi connectivity index (χ4n) is 7.15. The third-order valence-corrected chi connectivity index (χ3v) is 9.52. The van der Waals surface area contributed by atoms with Gasteiger partial charge in [-0.15, -0.1) is 0 Å². The van der Waals surface area contributed by atoms with Crippen LogP contribution in [0.3, 0.4) is 0 Å². The number of para-hydroxylation sites is 3. The molecule has 236 valence electrons. The van der Waals surface area contributed by atoms with E-state index in [0.29, 0.717) is 0 Å². The highest BCUT2D eigenvalue weighted by Gasteiger charge is 2.21. The highest BCUT2D eigenvalue weighted by Crippen LogP contribution is 2.46. The predicted molar refractivity (Wildman–Crippen MR) is 210 cm³/mol. The van der Waals surface area contributed by atoms with E-state index in [9.17, 15) is 0 Å². The summed E-state index contributed by atoms with van der Waals surface area (Å²) in [4.78, 5) is 2.36. The highest BCUT2D eigenvalue weighted by molar-refractivity contribution is 6.07. The van der Waals surface area contributed by atoms with E-state index in [1.807, 2.05) is 12.1 Å². The Morgan fingerprint density at radius 2 is 0.800 bits per heavy atom. The van der Waals surface area contributed by atoms with Crippen molar-refractivity contribution in [3.63, 3.8) is 0 Å². The first-order chi connectivity index (χ1) is 24.8. The lowest BCUT2D eigenvalue weighted by atomic mass is 9.88. The number of hydrogen-bond acceptors (Lipinski definition) is 2. The number of fused-ring (bicyclic) bond motifs is 3. The Bertz CT molecular complexity index is 2580. The van der Waals surface area contributed by atoms with Crippen molar-refractivity contribution in [2.24, 2.45) is 0 Å². The summed E-state index contributed by atoms with van der Waals surface area (Å²) in [6, 6.07) is 71.1. The smallest absolute Gasteiger partial charge is 0.135 e. The van der Waals surface area contributed by atoms with Crippen LogP contribution in [0.4, 0.5) is 17.1 Å². The minimum absolute atomic E-state index is 0.884. The van der Waals surface area contributed by atoms with E-state index < -0.39 is 0 Å². The van der Waals surface area contributed by atoms with Crippen molar-refractivity contribution < 1.29 is 4.42 Å². The Labute approximate surface area is 292 Å². The quantitative estimate of drug-likeness (QED) is 0.173. The van der Waals surface area contributed by atoms with E-state index in [0.717, 1.165) is 44.6 Å². The number of rotatable bonds is 7. The Morgan fingerprint density at radius 3 is 1.54 bits per heavy atom. The van der Waals surface area contributed by atoms with Gasteiger partial charge in [-0.3, -0.25) is 0 Å². The molecule has 0 aliphatic carbocycles. The van der Waals surface area contributed by atoms with E-state index in [2.05, 4.69) is 193 Å². The summed E-state index contributed by atoms with van der Waals surface area (Å²) in [7, 11) is 0. The van der Waals surface area contributed by atoms with Crippen LogP contribution < -0.4 is 4.90 Å². The van der Waals surface area contributed by atoms with Crippen LogP contribution in [0.1, 0.15) is 0 Å². The van der Waals surface area contributed by atoms with E-state index in [-0.39, 0.29) is 0 Å². The molecule has 0 fully saturated rings. The summed E-state index contributed by atoms with van der Waals surface area (Å²) in [5.74, 6) is 0. The van der Waals surface area contributed by atoms with Gasteiger partial charge in [0.15, 0.2) is 0 Å². The number of anilines is 3. The molecule has 0 amide bonds. The molecule has 0 aliphatic heterocycles. The van der Waals surface area contributed by atoms with Crippen molar-refractivity contribution in [2.45, 2.75) is 0 Å². The summed E-state index contributed by atoms with van der Waals surface area (Å²) >= 11 is 0. The average Bonchev–Trinajstić information content (AvgIpc) is 3.57. The molecule has 9 rings (SSSR count). The molecule has 2 nitrogen and oxygen atoms in total. The van der Waals surface area contributed by atoms with Gasteiger partial charge in [0.2, 0.25) is 0 Å². The van der Waals surface area contributed by atoms with Gasteiger partial charge in [0.1, 0.15) is 11.2 Å². The van der Waals surface area contributed by atoms with E-state index in [1.54, 1.807) is 0 Å². The standard InChI is InChI=1S/C48H33NO/c1-3-15-34(16-4-1)35-27-29-36(30-28-35)39-19-7-8-20-40(39)41-21-9-10-22-42(41)43-23-11-13-25-46(43)49(37-17-5-2-6-18-37)38-31-32-48-45(33-38)44-24-12-14-26-47(44)50-48/h1-33H. The fraction of sp³-hybridized carbons (Fsp3) is 0. The second-order valence-electron chi connectivity index (χ2n) is 12.5. The second kappa shape index (κ2) is 12.8. The molecular formula is C48H33NO. The molecular weight excluding hydrogens is 607 g/mol. The van der Waals surface area contributed by atoms with Gasteiger partial charge in [0.05, 0.1) is 5.69 Å². The van der Waals surface area contributed by atoms with Crippen molar-refractivity contribution >= 4 is 39.0 Å². The zero-order valence-electron chi connectivity index (χ0n) is 27.4. The lowest BCUT2D eigenvalue weighted by Crippen LogP contribution is -2.11. The van der Waals surface area contributed by atoms with Crippen molar-refractivity contribution in [2.75, 3.05) is 4.90 Å². The van der Waals surface area contributed by atoms with E-state index >= 15 is 0 Å². The molecule has 1 aromatic heterocycles. The van der Waals surface area contributed by atoms with Crippen LogP contribution >= 0.6 is 0 Å². The second-order valence-corrected chi connectivity index (χ2v) is 12.5. The third-order valence-electron chi connectivity index (χ3n) is 9.52. The topological polar surface area (TPSA) is 16.4 Å². The number of nitrogens with zero attached hydrogens (tertiary/aromatic N) is 1. The van der Waals surface area contributed by atoms with Crippen molar-refractivity contribution in [3.8, 4) is 44.5 Å². The molecule has 0 bridgehead atoms. The Morgan fingerprint density at radius 1 is 0.300 bits per heavy atom. The largest absolute Gasteiger partial charge is 0.456 e. The molecule has 8 aromatic carbocycles. The van der Waals surface area contributed by atoms with Crippen LogP contribution in [-0.2, 0) is 0 Å². The van der Waals surface area contributed by atoms with Gasteiger partial charge in [-0.25, -0.2) is 0 Å².